The molecule has 0 aliphatic heterocycles. The molecule has 2 rings (SSSR count). The number of sulfonamides is 1. The molecule has 5 nitrogen and oxygen atoms in total. The van der Waals surface area contributed by atoms with Crippen molar-refractivity contribution >= 4 is 21.6 Å². The second-order valence-corrected chi connectivity index (χ2v) is 7.31. The fraction of sp³-hybridized carbons (Fsp3) is 0.375. The summed E-state index contributed by atoms with van der Waals surface area (Å²) in [5, 5.41) is 0. The first-order valence-corrected chi connectivity index (χ1v) is 8.94. The molecule has 0 bridgehead atoms. The van der Waals surface area contributed by atoms with Gasteiger partial charge in [-0.1, -0.05) is 30.3 Å². The Morgan fingerprint density at radius 1 is 1.18 bits per heavy atom. The third-order valence-corrected chi connectivity index (χ3v) is 4.90. The van der Waals surface area contributed by atoms with Gasteiger partial charge < -0.3 is 0 Å². The van der Waals surface area contributed by atoms with Crippen LogP contribution < -0.4 is 0 Å². The zero-order valence-electron chi connectivity index (χ0n) is 12.7. The van der Waals surface area contributed by atoms with Crippen LogP contribution in [0.1, 0.15) is 36.5 Å². The van der Waals surface area contributed by atoms with Gasteiger partial charge in [0.05, 0.1) is 12.8 Å². The topological polar surface area (TPSA) is 71.5 Å². The van der Waals surface area contributed by atoms with E-state index in [1.165, 1.54) is 0 Å². The van der Waals surface area contributed by atoms with Crippen LogP contribution >= 0.6 is 0 Å². The van der Waals surface area contributed by atoms with Gasteiger partial charge in [0.25, 0.3) is 0 Å². The van der Waals surface area contributed by atoms with Crippen LogP contribution in [0.25, 0.3) is 0 Å². The van der Waals surface area contributed by atoms with Crippen molar-refractivity contribution in [1.82, 2.24) is 4.31 Å². The molecule has 118 valence electrons. The number of allylic oxidation sites excluding steroid dienone is 2. The van der Waals surface area contributed by atoms with Gasteiger partial charge in [-0.05, 0) is 19.8 Å². The Kier molecular flexibility index (Phi) is 4.81. The zero-order valence-corrected chi connectivity index (χ0v) is 13.5. The number of benzene rings is 1. The van der Waals surface area contributed by atoms with E-state index in [1.807, 2.05) is 0 Å². The average molecular weight is 321 g/mol. The van der Waals surface area contributed by atoms with E-state index in [4.69, 9.17) is 0 Å². The molecule has 1 aliphatic rings. The first-order chi connectivity index (χ1) is 10.3. The van der Waals surface area contributed by atoms with Crippen LogP contribution in [0, 0.1) is 0 Å². The Bertz CT molecular complexity index is 720. The number of hydrogen-bond acceptors (Lipinski definition) is 4. The minimum absolute atomic E-state index is 0.0536. The lowest BCUT2D eigenvalue weighted by atomic mass is 9.96. The Labute approximate surface area is 130 Å². The van der Waals surface area contributed by atoms with Crippen LogP contribution in [0.4, 0.5) is 0 Å². The SMILES string of the molecule is CC1=C(N(CC(=O)c2ccccc2)S(C)(=O)=O)CCCC1=O. The first-order valence-electron chi connectivity index (χ1n) is 7.09. The van der Waals surface area contributed by atoms with Gasteiger partial charge in [-0.15, -0.1) is 0 Å². The van der Waals surface area contributed by atoms with Crippen molar-refractivity contribution in [3.05, 3.63) is 47.2 Å². The largest absolute Gasteiger partial charge is 0.294 e. The molecule has 0 saturated carbocycles. The summed E-state index contributed by atoms with van der Waals surface area (Å²) in [5.74, 6) is -0.341. The number of rotatable bonds is 5. The number of ketones is 2. The predicted octanol–water partition coefficient (Wildman–Crippen LogP) is 2.16. The number of nitrogens with zero attached hydrogens (tertiary/aromatic N) is 1. The third-order valence-electron chi connectivity index (χ3n) is 3.75. The standard InChI is InChI=1S/C16H19NO4S/c1-12-14(9-6-10-15(12)18)17(22(2,20)21)11-16(19)13-7-4-3-5-8-13/h3-5,7-8H,6,9-11H2,1-2H3. The van der Waals surface area contributed by atoms with Crippen molar-refractivity contribution in [2.45, 2.75) is 26.2 Å². The Morgan fingerprint density at radius 2 is 1.82 bits per heavy atom. The molecule has 0 aromatic heterocycles. The second-order valence-electron chi connectivity index (χ2n) is 5.41. The molecular formula is C16H19NO4S. The predicted molar refractivity (Wildman–Crippen MR) is 83.9 cm³/mol. The van der Waals surface area contributed by atoms with E-state index in [1.54, 1.807) is 37.3 Å². The van der Waals surface area contributed by atoms with Crippen LogP contribution in [-0.2, 0) is 14.8 Å². The minimum atomic E-state index is -3.62. The van der Waals surface area contributed by atoms with E-state index in [-0.39, 0.29) is 18.1 Å². The van der Waals surface area contributed by atoms with Crippen molar-refractivity contribution in [2.24, 2.45) is 0 Å². The molecule has 0 heterocycles. The molecular weight excluding hydrogens is 302 g/mol. The average Bonchev–Trinajstić information content (AvgIpc) is 2.47. The summed E-state index contributed by atoms with van der Waals surface area (Å²) in [6, 6.07) is 8.54. The number of carbonyl (C=O) groups excluding carboxylic acids is 2. The molecule has 1 aromatic carbocycles. The molecule has 0 N–H and O–H groups in total. The minimum Gasteiger partial charge on any atom is -0.294 e. The number of Topliss-reactive ketones (excluding diaryl/α,β-unsaturated/α-hetero) is 2. The lowest BCUT2D eigenvalue weighted by Crippen LogP contribution is -2.36. The lowest BCUT2D eigenvalue weighted by Gasteiger charge is -2.28. The van der Waals surface area contributed by atoms with Gasteiger partial charge >= 0.3 is 0 Å². The fourth-order valence-corrected chi connectivity index (χ4v) is 3.50. The van der Waals surface area contributed by atoms with Gasteiger partial charge in [-0.25, -0.2) is 8.42 Å². The maximum atomic E-state index is 12.3. The molecule has 1 aromatic rings. The van der Waals surface area contributed by atoms with Crippen LogP contribution in [0.2, 0.25) is 0 Å². The maximum absolute atomic E-state index is 12.3. The highest BCUT2D eigenvalue weighted by Gasteiger charge is 2.28. The zero-order chi connectivity index (χ0) is 16.3. The smallest absolute Gasteiger partial charge is 0.232 e. The van der Waals surface area contributed by atoms with Gasteiger partial charge in [0, 0.05) is 23.3 Å². The quantitative estimate of drug-likeness (QED) is 0.779. The normalized spacial score (nSPS) is 15.8. The van der Waals surface area contributed by atoms with Crippen molar-refractivity contribution < 1.29 is 18.0 Å². The van der Waals surface area contributed by atoms with Crippen molar-refractivity contribution in [3.63, 3.8) is 0 Å². The Balaban J connectivity index is 2.35. The van der Waals surface area contributed by atoms with Crippen molar-refractivity contribution in [1.29, 1.82) is 0 Å². The molecule has 0 radical (unpaired) electrons. The molecule has 22 heavy (non-hydrogen) atoms. The van der Waals surface area contributed by atoms with Gasteiger partial charge in [-0.3, -0.25) is 13.9 Å². The van der Waals surface area contributed by atoms with Crippen molar-refractivity contribution in [3.8, 4) is 0 Å². The Morgan fingerprint density at radius 3 is 2.41 bits per heavy atom. The summed E-state index contributed by atoms with van der Waals surface area (Å²) in [6.07, 6.45) is 2.59. The molecule has 0 amide bonds. The van der Waals surface area contributed by atoms with Crippen molar-refractivity contribution in [2.75, 3.05) is 12.8 Å². The van der Waals surface area contributed by atoms with Crippen LogP contribution in [0.5, 0.6) is 0 Å². The summed E-state index contributed by atoms with van der Waals surface area (Å²) < 4.78 is 25.2. The summed E-state index contributed by atoms with van der Waals surface area (Å²) in [4.78, 5) is 24.1. The molecule has 0 atom stereocenters. The highest BCUT2D eigenvalue weighted by Crippen LogP contribution is 2.27. The van der Waals surface area contributed by atoms with Gasteiger partial charge in [0.2, 0.25) is 10.0 Å². The van der Waals surface area contributed by atoms with E-state index < -0.39 is 10.0 Å². The molecule has 0 unspecified atom stereocenters. The summed E-state index contributed by atoms with van der Waals surface area (Å²) in [7, 11) is -3.62. The third kappa shape index (κ3) is 3.62. The summed E-state index contributed by atoms with van der Waals surface area (Å²) in [6.45, 7) is 1.35. The molecule has 0 spiro atoms. The van der Waals surface area contributed by atoms with Crippen LogP contribution in [0.15, 0.2) is 41.6 Å². The van der Waals surface area contributed by atoms with Gasteiger partial charge in [-0.2, -0.15) is 0 Å². The van der Waals surface area contributed by atoms with E-state index in [0.717, 1.165) is 10.6 Å². The van der Waals surface area contributed by atoms with E-state index >= 15 is 0 Å². The lowest BCUT2D eigenvalue weighted by molar-refractivity contribution is -0.116. The summed E-state index contributed by atoms with van der Waals surface area (Å²) in [5.41, 5.74) is 1.34. The van der Waals surface area contributed by atoms with Crippen LogP contribution in [0.3, 0.4) is 0 Å². The Hall–Kier alpha value is -1.95. The van der Waals surface area contributed by atoms with Crippen LogP contribution in [-0.4, -0.2) is 37.1 Å². The van der Waals surface area contributed by atoms with Gasteiger partial charge in [0.15, 0.2) is 11.6 Å². The molecule has 6 heteroatoms. The maximum Gasteiger partial charge on any atom is 0.232 e. The van der Waals surface area contributed by atoms with Gasteiger partial charge in [0.1, 0.15) is 0 Å². The highest BCUT2D eigenvalue weighted by molar-refractivity contribution is 7.88. The monoisotopic (exact) mass is 321 g/mol. The highest BCUT2D eigenvalue weighted by atomic mass is 32.2. The number of hydrogen-bond donors (Lipinski definition) is 0. The van der Waals surface area contributed by atoms with E-state index in [2.05, 4.69) is 0 Å². The van der Waals surface area contributed by atoms with E-state index in [9.17, 15) is 18.0 Å². The molecule has 1 aliphatic carbocycles. The number of carbonyl (C=O) groups is 2. The fourth-order valence-electron chi connectivity index (χ4n) is 2.52. The molecule has 0 saturated heterocycles. The summed E-state index contributed by atoms with van der Waals surface area (Å²) >= 11 is 0. The first kappa shape index (κ1) is 16.4. The molecule has 0 fully saturated rings. The second kappa shape index (κ2) is 6.44. The van der Waals surface area contributed by atoms with E-state index in [0.29, 0.717) is 36.1 Å².